The fourth-order valence-corrected chi connectivity index (χ4v) is 2.20. The summed E-state index contributed by atoms with van der Waals surface area (Å²) >= 11 is 11.8. The number of hydrogen-bond donors (Lipinski definition) is 1. The standard InChI is InChI=1S/C17H12Cl2N2O2/c1-23-16-7-6-14(9-15(16)19)21-17(22)12(10-20)8-11-2-4-13(18)5-3-11/h2-9H,1H3,(H,21,22)/b12-8+. The van der Waals surface area contributed by atoms with Gasteiger partial charge in [0.1, 0.15) is 17.4 Å². The third-order valence-corrected chi connectivity index (χ3v) is 3.50. The molecule has 0 aliphatic rings. The second-order valence-corrected chi connectivity index (χ2v) is 5.37. The normalized spacial score (nSPS) is 10.8. The first-order chi connectivity index (χ1) is 11.0. The Balaban J connectivity index is 2.19. The number of ether oxygens (including phenoxy) is 1. The molecule has 2 aromatic rings. The lowest BCUT2D eigenvalue weighted by Crippen LogP contribution is -2.13. The van der Waals surface area contributed by atoms with Crippen molar-refractivity contribution in [1.29, 1.82) is 5.26 Å². The van der Waals surface area contributed by atoms with Gasteiger partial charge < -0.3 is 10.1 Å². The third-order valence-electron chi connectivity index (χ3n) is 2.96. The molecule has 0 aliphatic heterocycles. The predicted molar refractivity (Wildman–Crippen MR) is 91.7 cm³/mol. The maximum Gasteiger partial charge on any atom is 0.266 e. The van der Waals surface area contributed by atoms with Crippen LogP contribution in [0.4, 0.5) is 5.69 Å². The van der Waals surface area contributed by atoms with Gasteiger partial charge in [-0.25, -0.2) is 0 Å². The quantitative estimate of drug-likeness (QED) is 0.652. The van der Waals surface area contributed by atoms with E-state index in [4.69, 9.17) is 27.9 Å². The number of halogens is 2. The molecule has 0 heterocycles. The summed E-state index contributed by atoms with van der Waals surface area (Å²) in [6.45, 7) is 0. The number of nitrogens with zero attached hydrogens (tertiary/aromatic N) is 1. The highest BCUT2D eigenvalue weighted by Crippen LogP contribution is 2.27. The number of carbonyl (C=O) groups excluding carboxylic acids is 1. The van der Waals surface area contributed by atoms with Gasteiger partial charge in [0.2, 0.25) is 0 Å². The Bertz CT molecular complexity index is 793. The molecule has 23 heavy (non-hydrogen) atoms. The molecule has 0 atom stereocenters. The number of rotatable bonds is 4. The van der Waals surface area contributed by atoms with Gasteiger partial charge >= 0.3 is 0 Å². The topological polar surface area (TPSA) is 62.1 Å². The van der Waals surface area contributed by atoms with Gasteiger partial charge in [0.25, 0.3) is 5.91 Å². The summed E-state index contributed by atoms with van der Waals surface area (Å²) < 4.78 is 5.04. The van der Waals surface area contributed by atoms with Crippen molar-refractivity contribution in [2.24, 2.45) is 0 Å². The molecule has 4 nitrogen and oxygen atoms in total. The van der Waals surface area contributed by atoms with Crippen molar-refractivity contribution in [2.75, 3.05) is 12.4 Å². The molecule has 1 amide bonds. The molecule has 2 aromatic carbocycles. The van der Waals surface area contributed by atoms with E-state index in [0.29, 0.717) is 27.0 Å². The largest absolute Gasteiger partial charge is 0.495 e. The monoisotopic (exact) mass is 346 g/mol. The van der Waals surface area contributed by atoms with E-state index in [1.807, 2.05) is 6.07 Å². The molecule has 0 aliphatic carbocycles. The van der Waals surface area contributed by atoms with Crippen molar-refractivity contribution in [3.63, 3.8) is 0 Å². The zero-order valence-corrected chi connectivity index (χ0v) is 13.7. The van der Waals surface area contributed by atoms with Crippen LogP contribution in [0.15, 0.2) is 48.0 Å². The van der Waals surface area contributed by atoms with E-state index in [1.165, 1.54) is 13.2 Å². The molecule has 0 unspecified atom stereocenters. The fraction of sp³-hybridized carbons (Fsp3) is 0.0588. The Morgan fingerprint density at radius 2 is 1.91 bits per heavy atom. The summed E-state index contributed by atoms with van der Waals surface area (Å²) in [5.74, 6) is -0.0226. The molecule has 116 valence electrons. The molecule has 0 spiro atoms. The summed E-state index contributed by atoms with van der Waals surface area (Å²) in [4.78, 5) is 12.2. The Hall–Kier alpha value is -2.48. The average molecular weight is 347 g/mol. The van der Waals surface area contributed by atoms with E-state index >= 15 is 0 Å². The highest BCUT2D eigenvalue weighted by atomic mass is 35.5. The van der Waals surface area contributed by atoms with Crippen LogP contribution in [0.1, 0.15) is 5.56 Å². The van der Waals surface area contributed by atoms with Crippen molar-refractivity contribution in [1.82, 2.24) is 0 Å². The van der Waals surface area contributed by atoms with Crippen molar-refractivity contribution < 1.29 is 9.53 Å². The first-order valence-corrected chi connectivity index (χ1v) is 7.31. The van der Waals surface area contributed by atoms with Gasteiger partial charge in [-0.1, -0.05) is 35.3 Å². The average Bonchev–Trinajstić information content (AvgIpc) is 2.54. The number of benzene rings is 2. The van der Waals surface area contributed by atoms with Gasteiger partial charge in [-0.05, 0) is 42.0 Å². The molecule has 1 N–H and O–H groups in total. The lowest BCUT2D eigenvalue weighted by atomic mass is 10.1. The van der Waals surface area contributed by atoms with Crippen LogP contribution in [-0.4, -0.2) is 13.0 Å². The predicted octanol–water partition coefficient (Wildman–Crippen LogP) is 4.55. The first kappa shape index (κ1) is 16.9. The molecule has 0 radical (unpaired) electrons. The van der Waals surface area contributed by atoms with E-state index in [0.717, 1.165) is 0 Å². The Morgan fingerprint density at radius 1 is 1.22 bits per heavy atom. The smallest absolute Gasteiger partial charge is 0.266 e. The minimum atomic E-state index is -0.524. The number of nitrogens with one attached hydrogen (secondary N) is 1. The number of anilines is 1. The van der Waals surface area contributed by atoms with E-state index in [1.54, 1.807) is 42.5 Å². The number of nitriles is 1. The molecule has 6 heteroatoms. The molecule has 0 fully saturated rings. The first-order valence-electron chi connectivity index (χ1n) is 6.55. The van der Waals surface area contributed by atoms with E-state index < -0.39 is 5.91 Å². The summed E-state index contributed by atoms with van der Waals surface area (Å²) in [6.07, 6.45) is 1.48. The number of amides is 1. The number of hydrogen-bond acceptors (Lipinski definition) is 3. The molecular weight excluding hydrogens is 335 g/mol. The van der Waals surface area contributed by atoms with Gasteiger partial charge in [0, 0.05) is 10.7 Å². The molecule has 0 bridgehead atoms. The van der Waals surface area contributed by atoms with Crippen LogP contribution in [0.2, 0.25) is 10.0 Å². The van der Waals surface area contributed by atoms with Crippen LogP contribution in [0.5, 0.6) is 5.75 Å². The van der Waals surface area contributed by atoms with Gasteiger partial charge in [-0.2, -0.15) is 5.26 Å². The molecule has 0 saturated carbocycles. The maximum atomic E-state index is 12.2. The van der Waals surface area contributed by atoms with Crippen molar-refractivity contribution >= 4 is 40.9 Å². The van der Waals surface area contributed by atoms with Crippen LogP contribution < -0.4 is 10.1 Å². The summed E-state index contributed by atoms with van der Waals surface area (Å²) in [5, 5.41) is 12.7. The second kappa shape index (κ2) is 7.68. The zero-order chi connectivity index (χ0) is 16.8. The van der Waals surface area contributed by atoms with Gasteiger partial charge in [-0.3, -0.25) is 4.79 Å². The van der Waals surface area contributed by atoms with Crippen molar-refractivity contribution in [3.8, 4) is 11.8 Å². The molecule has 0 aromatic heterocycles. The summed E-state index contributed by atoms with van der Waals surface area (Å²) in [6, 6.07) is 13.5. The zero-order valence-electron chi connectivity index (χ0n) is 12.1. The van der Waals surface area contributed by atoms with E-state index in [-0.39, 0.29) is 5.57 Å². The second-order valence-electron chi connectivity index (χ2n) is 4.52. The highest BCUT2D eigenvalue weighted by molar-refractivity contribution is 6.32. The SMILES string of the molecule is COc1ccc(NC(=O)/C(C#N)=C/c2ccc(Cl)cc2)cc1Cl. The fourth-order valence-electron chi connectivity index (χ4n) is 1.82. The molecule has 0 saturated heterocycles. The van der Waals surface area contributed by atoms with Gasteiger partial charge in [0.15, 0.2) is 0 Å². The van der Waals surface area contributed by atoms with E-state index in [2.05, 4.69) is 5.32 Å². The van der Waals surface area contributed by atoms with Gasteiger partial charge in [-0.15, -0.1) is 0 Å². The van der Waals surface area contributed by atoms with Crippen LogP contribution in [0, 0.1) is 11.3 Å². The molecular formula is C17H12Cl2N2O2. The molecule has 2 rings (SSSR count). The lowest BCUT2D eigenvalue weighted by Gasteiger charge is -2.07. The Morgan fingerprint density at radius 3 is 2.48 bits per heavy atom. The maximum absolute atomic E-state index is 12.2. The number of methoxy groups -OCH3 is 1. The van der Waals surface area contributed by atoms with Crippen LogP contribution in [0.25, 0.3) is 6.08 Å². The van der Waals surface area contributed by atoms with Crippen LogP contribution in [-0.2, 0) is 4.79 Å². The Labute approximate surface area is 143 Å². The van der Waals surface area contributed by atoms with Gasteiger partial charge in [0.05, 0.1) is 12.1 Å². The lowest BCUT2D eigenvalue weighted by molar-refractivity contribution is -0.112. The minimum Gasteiger partial charge on any atom is -0.495 e. The minimum absolute atomic E-state index is 0.0285. The number of carbonyl (C=O) groups is 1. The van der Waals surface area contributed by atoms with Crippen LogP contribution in [0.3, 0.4) is 0 Å². The van der Waals surface area contributed by atoms with Crippen molar-refractivity contribution in [2.45, 2.75) is 0 Å². The Kier molecular flexibility index (Phi) is 5.64. The van der Waals surface area contributed by atoms with Crippen LogP contribution >= 0.6 is 23.2 Å². The summed E-state index contributed by atoms with van der Waals surface area (Å²) in [5.41, 5.74) is 1.14. The van der Waals surface area contributed by atoms with Crippen molar-refractivity contribution in [3.05, 3.63) is 63.6 Å². The third kappa shape index (κ3) is 4.49. The highest BCUT2D eigenvalue weighted by Gasteiger charge is 2.11. The summed E-state index contributed by atoms with van der Waals surface area (Å²) in [7, 11) is 1.50. The van der Waals surface area contributed by atoms with E-state index in [9.17, 15) is 10.1 Å².